The van der Waals surface area contributed by atoms with Gasteiger partial charge in [-0.15, -0.1) is 0 Å². The van der Waals surface area contributed by atoms with Gasteiger partial charge in [0.1, 0.15) is 0 Å². The number of nitro benzene ring substituents is 1. The van der Waals surface area contributed by atoms with Crippen LogP contribution >= 0.6 is 0 Å². The number of nitrogens with one attached hydrogen (secondary N) is 1. The lowest BCUT2D eigenvalue weighted by atomic mass is 9.97. The zero-order valence-corrected chi connectivity index (χ0v) is 17.8. The average Bonchev–Trinajstić information content (AvgIpc) is 2.74. The van der Waals surface area contributed by atoms with Crippen LogP contribution in [0.3, 0.4) is 0 Å². The molecule has 30 heavy (non-hydrogen) atoms. The van der Waals surface area contributed by atoms with Crippen molar-refractivity contribution in [1.29, 1.82) is 0 Å². The van der Waals surface area contributed by atoms with Crippen LogP contribution < -0.4 is 5.32 Å². The molecule has 2 aromatic rings. The third-order valence-corrected chi connectivity index (χ3v) is 7.30. The van der Waals surface area contributed by atoms with Crippen LogP contribution in [0, 0.1) is 16.0 Å². The van der Waals surface area contributed by atoms with Crippen LogP contribution in [0.4, 0.5) is 11.4 Å². The van der Waals surface area contributed by atoms with Crippen molar-refractivity contribution in [3.8, 4) is 0 Å². The van der Waals surface area contributed by atoms with Crippen LogP contribution in [0.1, 0.15) is 38.2 Å². The third kappa shape index (κ3) is 4.68. The van der Waals surface area contributed by atoms with E-state index in [2.05, 4.69) is 19.2 Å². The molecule has 2 aromatic carbocycles. The topological polar surface area (TPSA) is 110 Å². The number of para-hydroxylation sites is 1. The first-order valence-corrected chi connectivity index (χ1v) is 11.3. The lowest BCUT2D eigenvalue weighted by molar-refractivity contribution is -0.387. The van der Waals surface area contributed by atoms with Crippen molar-refractivity contribution in [1.82, 2.24) is 4.31 Å². The molecule has 3 rings (SSSR count). The summed E-state index contributed by atoms with van der Waals surface area (Å²) in [5.74, 6) is -0.0523. The van der Waals surface area contributed by atoms with Gasteiger partial charge in [-0.05, 0) is 42.5 Å². The molecule has 0 aliphatic carbocycles. The fourth-order valence-electron chi connectivity index (χ4n) is 3.52. The van der Waals surface area contributed by atoms with Gasteiger partial charge in [-0.1, -0.05) is 38.1 Å². The second-order valence-corrected chi connectivity index (χ2v) is 9.58. The van der Waals surface area contributed by atoms with Crippen molar-refractivity contribution in [2.45, 2.75) is 37.5 Å². The molecule has 1 N–H and O–H groups in total. The number of sulfonamides is 1. The van der Waals surface area contributed by atoms with Crippen LogP contribution in [-0.2, 0) is 14.8 Å². The normalized spacial score (nSPS) is 15.8. The maximum absolute atomic E-state index is 12.9. The van der Waals surface area contributed by atoms with E-state index in [1.807, 2.05) is 24.3 Å². The maximum Gasteiger partial charge on any atom is 0.289 e. The molecule has 1 aliphatic heterocycles. The van der Waals surface area contributed by atoms with E-state index in [0.717, 1.165) is 0 Å². The van der Waals surface area contributed by atoms with Crippen molar-refractivity contribution in [2.24, 2.45) is 5.92 Å². The monoisotopic (exact) mass is 431 g/mol. The Hall–Kier alpha value is -2.78. The summed E-state index contributed by atoms with van der Waals surface area (Å²) < 4.78 is 27.0. The number of hydrogen-bond donors (Lipinski definition) is 1. The number of nitrogens with zero attached hydrogens (tertiary/aromatic N) is 2. The summed E-state index contributed by atoms with van der Waals surface area (Å²) in [7, 11) is -4.00. The lowest BCUT2D eigenvalue weighted by Gasteiger charge is -2.30. The highest BCUT2D eigenvalue weighted by Gasteiger charge is 2.35. The quantitative estimate of drug-likeness (QED) is 0.553. The number of piperidine rings is 1. The molecule has 0 radical (unpaired) electrons. The maximum atomic E-state index is 12.9. The van der Waals surface area contributed by atoms with Gasteiger partial charge in [0.25, 0.3) is 5.69 Å². The van der Waals surface area contributed by atoms with Crippen LogP contribution in [0.25, 0.3) is 0 Å². The van der Waals surface area contributed by atoms with Gasteiger partial charge in [-0.3, -0.25) is 14.9 Å². The third-order valence-electron chi connectivity index (χ3n) is 5.35. The number of rotatable bonds is 6. The van der Waals surface area contributed by atoms with Crippen molar-refractivity contribution < 1.29 is 18.1 Å². The number of carbonyl (C=O) groups excluding carboxylic acids is 1. The lowest BCUT2D eigenvalue weighted by Crippen LogP contribution is -2.41. The van der Waals surface area contributed by atoms with E-state index in [1.165, 1.54) is 34.1 Å². The summed E-state index contributed by atoms with van der Waals surface area (Å²) in [6.07, 6.45) is 0.714. The summed E-state index contributed by atoms with van der Waals surface area (Å²) >= 11 is 0. The Morgan fingerprint density at radius 2 is 1.70 bits per heavy atom. The summed E-state index contributed by atoms with van der Waals surface area (Å²) in [5, 5.41) is 14.1. The van der Waals surface area contributed by atoms with Crippen molar-refractivity contribution >= 4 is 27.3 Å². The SMILES string of the molecule is CC(C)c1ccc(NC(=O)C2CCN(S(=O)(=O)c3ccccc3[N+](=O)[O-])CC2)cc1. The Morgan fingerprint density at radius 3 is 2.27 bits per heavy atom. The van der Waals surface area contributed by atoms with Gasteiger partial charge >= 0.3 is 0 Å². The first-order valence-electron chi connectivity index (χ1n) is 9.84. The minimum atomic E-state index is -4.00. The van der Waals surface area contributed by atoms with Crippen LogP contribution in [0.5, 0.6) is 0 Å². The highest BCUT2D eigenvalue weighted by molar-refractivity contribution is 7.89. The minimum absolute atomic E-state index is 0.138. The zero-order valence-electron chi connectivity index (χ0n) is 16.9. The summed E-state index contributed by atoms with van der Waals surface area (Å²) in [5.41, 5.74) is 1.45. The first kappa shape index (κ1) is 21.9. The van der Waals surface area contributed by atoms with E-state index in [4.69, 9.17) is 0 Å². The molecular weight excluding hydrogens is 406 g/mol. The Balaban J connectivity index is 1.64. The van der Waals surface area contributed by atoms with Gasteiger partial charge in [0.15, 0.2) is 4.90 Å². The minimum Gasteiger partial charge on any atom is -0.326 e. The van der Waals surface area contributed by atoms with E-state index in [9.17, 15) is 23.3 Å². The van der Waals surface area contributed by atoms with E-state index < -0.39 is 20.6 Å². The number of benzene rings is 2. The largest absolute Gasteiger partial charge is 0.326 e. The van der Waals surface area contributed by atoms with Crippen LogP contribution in [0.2, 0.25) is 0 Å². The molecule has 0 aromatic heterocycles. The van der Waals surface area contributed by atoms with Gasteiger partial charge in [-0.2, -0.15) is 4.31 Å². The predicted octanol–water partition coefficient (Wildman–Crippen LogP) is 3.76. The molecule has 8 nitrogen and oxygen atoms in total. The van der Waals surface area contributed by atoms with E-state index in [1.54, 1.807) is 0 Å². The van der Waals surface area contributed by atoms with E-state index >= 15 is 0 Å². The molecule has 9 heteroatoms. The number of amides is 1. The number of nitro groups is 1. The molecule has 1 saturated heterocycles. The van der Waals surface area contributed by atoms with Crippen molar-refractivity contribution in [3.05, 3.63) is 64.2 Å². The Bertz CT molecular complexity index is 1030. The average molecular weight is 432 g/mol. The highest BCUT2D eigenvalue weighted by Crippen LogP contribution is 2.30. The van der Waals surface area contributed by atoms with Crippen molar-refractivity contribution in [3.63, 3.8) is 0 Å². The molecule has 0 unspecified atom stereocenters. The second kappa shape index (κ2) is 8.93. The Morgan fingerprint density at radius 1 is 1.10 bits per heavy atom. The van der Waals surface area contributed by atoms with Crippen LogP contribution in [0.15, 0.2) is 53.4 Å². The molecule has 1 aliphatic rings. The predicted molar refractivity (Wildman–Crippen MR) is 114 cm³/mol. The molecule has 1 fully saturated rings. The smallest absolute Gasteiger partial charge is 0.289 e. The van der Waals surface area contributed by atoms with E-state index in [-0.39, 0.29) is 29.8 Å². The van der Waals surface area contributed by atoms with Crippen LogP contribution in [-0.4, -0.2) is 36.6 Å². The Labute approximate surface area is 176 Å². The fraction of sp³-hybridized carbons (Fsp3) is 0.381. The molecule has 1 amide bonds. The molecule has 0 atom stereocenters. The zero-order chi connectivity index (χ0) is 21.9. The molecule has 160 valence electrons. The van der Waals surface area contributed by atoms with Gasteiger partial charge in [0, 0.05) is 30.8 Å². The molecule has 0 bridgehead atoms. The number of carbonyl (C=O) groups is 1. The van der Waals surface area contributed by atoms with Gasteiger partial charge in [0.05, 0.1) is 4.92 Å². The Kier molecular flexibility index (Phi) is 6.52. The van der Waals surface area contributed by atoms with Crippen molar-refractivity contribution in [2.75, 3.05) is 18.4 Å². The van der Waals surface area contributed by atoms with Gasteiger partial charge in [0.2, 0.25) is 15.9 Å². The summed E-state index contributed by atoms with van der Waals surface area (Å²) in [6.45, 7) is 4.47. The molecule has 0 saturated carbocycles. The number of anilines is 1. The van der Waals surface area contributed by atoms with Gasteiger partial charge < -0.3 is 5.32 Å². The standard InChI is InChI=1S/C21H25N3O5S/c1-15(2)16-7-9-18(10-8-16)22-21(25)17-11-13-23(14-12-17)30(28,29)20-6-4-3-5-19(20)24(26)27/h3-10,15,17H,11-14H2,1-2H3,(H,22,25). The molecular formula is C21H25N3O5S. The highest BCUT2D eigenvalue weighted by atomic mass is 32.2. The van der Waals surface area contributed by atoms with Gasteiger partial charge in [-0.25, -0.2) is 8.42 Å². The fourth-order valence-corrected chi connectivity index (χ4v) is 5.15. The molecule has 0 spiro atoms. The summed E-state index contributed by atoms with van der Waals surface area (Å²) in [4.78, 5) is 22.8. The number of hydrogen-bond acceptors (Lipinski definition) is 5. The second-order valence-electron chi connectivity index (χ2n) is 7.67. The molecule has 1 heterocycles. The van der Waals surface area contributed by atoms with E-state index in [0.29, 0.717) is 24.4 Å². The first-order chi connectivity index (χ1) is 14.2. The summed E-state index contributed by atoms with van der Waals surface area (Å²) in [6, 6.07) is 13.0.